The highest BCUT2D eigenvalue weighted by Gasteiger charge is 2.26. The van der Waals surface area contributed by atoms with Crippen molar-refractivity contribution in [3.05, 3.63) is 72.2 Å². The first-order valence-corrected chi connectivity index (χ1v) is 12.8. The number of pyridine rings is 1. The first-order chi connectivity index (χ1) is 17.4. The fraction of sp³-hybridized carbons (Fsp3) is 0.240. The van der Waals surface area contributed by atoms with Crippen molar-refractivity contribution in [2.45, 2.75) is 16.0 Å². The number of ether oxygens (including phenoxy) is 1. The topological polar surface area (TPSA) is 105 Å². The number of benzene rings is 1. The molecule has 0 atom stereocenters. The number of piperazine rings is 1. The maximum atomic E-state index is 13.4. The number of methoxy groups -OCH3 is 1. The van der Waals surface area contributed by atoms with Gasteiger partial charge in [0, 0.05) is 43.5 Å². The van der Waals surface area contributed by atoms with Crippen LogP contribution in [0.15, 0.2) is 64.6 Å². The Morgan fingerprint density at radius 2 is 1.92 bits per heavy atom. The van der Waals surface area contributed by atoms with E-state index in [1.165, 1.54) is 35.4 Å². The SMILES string of the molecule is C=CC(=O)N1CCN(C(=O)c2cc(Sc3cnc(NC(=O)c4cccnc4)s3)c(C)cc2OC)CC1. The molecule has 186 valence electrons. The van der Waals surface area contributed by atoms with Crippen molar-refractivity contribution in [3.8, 4) is 5.75 Å². The van der Waals surface area contributed by atoms with Crippen LogP contribution in [-0.2, 0) is 4.79 Å². The smallest absolute Gasteiger partial charge is 0.259 e. The molecular weight excluding hydrogens is 498 g/mol. The standard InChI is InChI=1S/C25H25N5O4S2/c1-4-21(31)29-8-10-30(11-9-29)24(33)18-13-20(16(2)12-19(18)34-3)35-22-15-27-25(36-22)28-23(32)17-6-5-7-26-14-17/h4-7,12-15H,1,8-11H2,2-3H3,(H,27,28,32). The summed E-state index contributed by atoms with van der Waals surface area (Å²) in [6.45, 7) is 7.27. The van der Waals surface area contributed by atoms with Crippen molar-refractivity contribution in [3.63, 3.8) is 0 Å². The van der Waals surface area contributed by atoms with Crippen molar-refractivity contribution in [2.75, 3.05) is 38.6 Å². The molecule has 0 aliphatic carbocycles. The zero-order valence-corrected chi connectivity index (χ0v) is 21.5. The Labute approximate surface area is 217 Å². The number of aryl methyl sites for hydroxylation is 1. The molecule has 1 aliphatic heterocycles. The number of hydrogen-bond donors (Lipinski definition) is 1. The summed E-state index contributed by atoms with van der Waals surface area (Å²) < 4.78 is 6.37. The summed E-state index contributed by atoms with van der Waals surface area (Å²) in [5, 5.41) is 3.26. The molecule has 3 aromatic rings. The summed E-state index contributed by atoms with van der Waals surface area (Å²) in [4.78, 5) is 50.1. The molecule has 1 aliphatic rings. The van der Waals surface area contributed by atoms with E-state index >= 15 is 0 Å². The van der Waals surface area contributed by atoms with Gasteiger partial charge in [-0.2, -0.15) is 0 Å². The van der Waals surface area contributed by atoms with E-state index in [-0.39, 0.29) is 17.7 Å². The third-order valence-corrected chi connectivity index (χ3v) is 7.79. The zero-order valence-electron chi connectivity index (χ0n) is 19.9. The van der Waals surface area contributed by atoms with Crippen LogP contribution in [0.4, 0.5) is 5.13 Å². The Kier molecular flexibility index (Phi) is 8.01. The van der Waals surface area contributed by atoms with Gasteiger partial charge in [0.2, 0.25) is 5.91 Å². The largest absolute Gasteiger partial charge is 0.496 e. The maximum Gasteiger partial charge on any atom is 0.259 e. The molecule has 0 spiro atoms. The lowest BCUT2D eigenvalue weighted by Gasteiger charge is -2.34. The van der Waals surface area contributed by atoms with Gasteiger partial charge in [0.1, 0.15) is 5.75 Å². The summed E-state index contributed by atoms with van der Waals surface area (Å²) >= 11 is 2.81. The van der Waals surface area contributed by atoms with E-state index in [1.54, 1.807) is 41.4 Å². The van der Waals surface area contributed by atoms with Crippen molar-refractivity contribution >= 4 is 46.0 Å². The lowest BCUT2D eigenvalue weighted by molar-refractivity contribution is -0.127. The van der Waals surface area contributed by atoms with Gasteiger partial charge in [-0.1, -0.05) is 29.7 Å². The molecule has 1 aromatic carbocycles. The summed E-state index contributed by atoms with van der Waals surface area (Å²) in [5.74, 6) is -0.0556. The minimum atomic E-state index is -0.280. The second kappa shape index (κ2) is 11.4. The molecule has 1 fully saturated rings. The van der Waals surface area contributed by atoms with Crippen LogP contribution >= 0.6 is 23.1 Å². The van der Waals surface area contributed by atoms with E-state index in [1.807, 2.05) is 19.1 Å². The quantitative estimate of drug-likeness (QED) is 0.471. The number of amides is 3. The van der Waals surface area contributed by atoms with Crippen LogP contribution in [0.5, 0.6) is 5.75 Å². The molecule has 3 heterocycles. The molecule has 3 amide bonds. The number of rotatable bonds is 7. The molecule has 1 saturated heterocycles. The van der Waals surface area contributed by atoms with Gasteiger partial charge in [-0.15, -0.1) is 0 Å². The molecule has 4 rings (SSSR count). The highest BCUT2D eigenvalue weighted by molar-refractivity contribution is 8.01. The highest BCUT2D eigenvalue weighted by atomic mass is 32.2. The molecule has 1 N–H and O–H groups in total. The van der Waals surface area contributed by atoms with Crippen molar-refractivity contribution in [1.82, 2.24) is 19.8 Å². The molecular formula is C25H25N5O4S2. The Morgan fingerprint density at radius 3 is 2.58 bits per heavy atom. The average molecular weight is 524 g/mol. The van der Waals surface area contributed by atoms with E-state index in [0.717, 1.165) is 14.7 Å². The first kappa shape index (κ1) is 25.4. The fourth-order valence-corrected chi connectivity index (χ4v) is 5.61. The number of thiazole rings is 1. The first-order valence-electron chi connectivity index (χ1n) is 11.1. The van der Waals surface area contributed by atoms with Crippen molar-refractivity contribution < 1.29 is 19.1 Å². The predicted octanol–water partition coefficient (Wildman–Crippen LogP) is 3.73. The monoisotopic (exact) mass is 523 g/mol. The van der Waals surface area contributed by atoms with Gasteiger partial charge in [0.05, 0.1) is 28.6 Å². The number of anilines is 1. The van der Waals surface area contributed by atoms with Crippen molar-refractivity contribution in [1.29, 1.82) is 0 Å². The normalized spacial score (nSPS) is 13.3. The second-order valence-electron chi connectivity index (χ2n) is 7.92. The Bertz CT molecular complexity index is 1290. The van der Waals surface area contributed by atoms with Crippen LogP contribution in [0, 0.1) is 6.92 Å². The molecule has 0 bridgehead atoms. The Balaban J connectivity index is 1.48. The lowest BCUT2D eigenvalue weighted by Crippen LogP contribution is -2.50. The van der Waals surface area contributed by atoms with Crippen LogP contribution in [0.3, 0.4) is 0 Å². The van der Waals surface area contributed by atoms with Crippen LogP contribution < -0.4 is 10.1 Å². The van der Waals surface area contributed by atoms with Gasteiger partial charge in [0.15, 0.2) is 5.13 Å². The van der Waals surface area contributed by atoms with Gasteiger partial charge in [-0.05, 0) is 42.8 Å². The van der Waals surface area contributed by atoms with E-state index < -0.39 is 0 Å². The van der Waals surface area contributed by atoms with Crippen LogP contribution in [0.2, 0.25) is 0 Å². The minimum Gasteiger partial charge on any atom is -0.496 e. The van der Waals surface area contributed by atoms with Gasteiger partial charge >= 0.3 is 0 Å². The fourth-order valence-electron chi connectivity index (χ4n) is 3.68. The summed E-state index contributed by atoms with van der Waals surface area (Å²) in [6, 6.07) is 7.06. The predicted molar refractivity (Wildman–Crippen MR) is 139 cm³/mol. The minimum absolute atomic E-state index is 0.130. The molecule has 2 aromatic heterocycles. The zero-order chi connectivity index (χ0) is 25.7. The summed E-state index contributed by atoms with van der Waals surface area (Å²) in [6.07, 6.45) is 6.08. The Hall–Kier alpha value is -3.70. The molecule has 0 unspecified atom stereocenters. The highest BCUT2D eigenvalue weighted by Crippen LogP contribution is 2.38. The maximum absolute atomic E-state index is 13.4. The van der Waals surface area contributed by atoms with Crippen molar-refractivity contribution in [2.24, 2.45) is 0 Å². The Morgan fingerprint density at radius 1 is 1.17 bits per heavy atom. The summed E-state index contributed by atoms with van der Waals surface area (Å²) in [7, 11) is 1.54. The lowest BCUT2D eigenvalue weighted by atomic mass is 10.1. The van der Waals surface area contributed by atoms with Gasteiger partial charge in [-0.3, -0.25) is 24.7 Å². The van der Waals surface area contributed by atoms with E-state index in [0.29, 0.717) is 48.2 Å². The van der Waals surface area contributed by atoms with Crippen LogP contribution in [-0.4, -0.2) is 70.8 Å². The van der Waals surface area contributed by atoms with Crippen LogP contribution in [0.1, 0.15) is 26.3 Å². The van der Waals surface area contributed by atoms with Crippen LogP contribution in [0.25, 0.3) is 0 Å². The number of carbonyl (C=O) groups is 3. The summed E-state index contributed by atoms with van der Waals surface area (Å²) in [5.41, 5.74) is 1.86. The van der Waals surface area contributed by atoms with Gasteiger partial charge in [-0.25, -0.2) is 4.98 Å². The van der Waals surface area contributed by atoms with E-state index in [2.05, 4.69) is 21.9 Å². The average Bonchev–Trinajstić information content (AvgIpc) is 3.35. The second-order valence-corrected chi connectivity index (χ2v) is 10.3. The number of carbonyl (C=O) groups excluding carboxylic acids is 3. The third kappa shape index (κ3) is 5.74. The molecule has 9 nitrogen and oxygen atoms in total. The number of nitrogens with zero attached hydrogens (tertiary/aromatic N) is 4. The van der Waals surface area contributed by atoms with Gasteiger partial charge < -0.3 is 14.5 Å². The van der Waals surface area contributed by atoms with E-state index in [9.17, 15) is 14.4 Å². The molecule has 0 saturated carbocycles. The number of aromatic nitrogens is 2. The number of nitrogens with one attached hydrogen (secondary N) is 1. The molecule has 11 heteroatoms. The molecule has 36 heavy (non-hydrogen) atoms. The third-order valence-electron chi connectivity index (χ3n) is 5.62. The number of hydrogen-bond acceptors (Lipinski definition) is 8. The van der Waals surface area contributed by atoms with Gasteiger partial charge in [0.25, 0.3) is 11.8 Å². The molecule has 0 radical (unpaired) electrons. The van der Waals surface area contributed by atoms with E-state index in [4.69, 9.17) is 4.74 Å².